The molecule has 0 radical (unpaired) electrons. The molecule has 0 spiro atoms. The Hall–Kier alpha value is -3.20. The van der Waals surface area contributed by atoms with Crippen molar-refractivity contribution in [3.05, 3.63) is 84.1 Å². The summed E-state index contributed by atoms with van der Waals surface area (Å²) in [7, 11) is 0. The van der Waals surface area contributed by atoms with Crippen molar-refractivity contribution in [3.63, 3.8) is 0 Å². The summed E-state index contributed by atoms with van der Waals surface area (Å²) in [6.07, 6.45) is 13.1. The minimum Gasteiger partial charge on any atom is -0.485 e. The highest BCUT2D eigenvalue weighted by atomic mass is 16.5. The summed E-state index contributed by atoms with van der Waals surface area (Å²) in [4.78, 5) is 0. The van der Waals surface area contributed by atoms with E-state index in [2.05, 4.69) is 88.8 Å². The van der Waals surface area contributed by atoms with Gasteiger partial charge >= 0.3 is 0 Å². The Morgan fingerprint density at radius 1 is 1.04 bits per heavy atom. The first-order chi connectivity index (χ1) is 12.9. The number of fused-ring (bicyclic) bond motifs is 6. The van der Waals surface area contributed by atoms with Crippen molar-refractivity contribution in [2.24, 2.45) is 0 Å². The predicted octanol–water partition coefficient (Wildman–Crippen LogP) is 5.04. The monoisotopic (exact) mass is 338 g/mol. The van der Waals surface area contributed by atoms with Crippen LogP contribution in [-0.4, -0.2) is 17.2 Å². The summed E-state index contributed by atoms with van der Waals surface area (Å²) < 4.78 is 8.58. The van der Waals surface area contributed by atoms with Crippen LogP contribution >= 0.6 is 0 Å². The molecule has 0 saturated carbocycles. The lowest BCUT2D eigenvalue weighted by molar-refractivity contribution is 0.269. The maximum absolute atomic E-state index is 6.23. The van der Waals surface area contributed by atoms with Crippen LogP contribution in [0.15, 0.2) is 72.8 Å². The first-order valence-electron chi connectivity index (χ1n) is 9.10. The minimum absolute atomic E-state index is 0.121. The quantitative estimate of drug-likeness (QED) is 0.673. The van der Waals surface area contributed by atoms with Crippen molar-refractivity contribution in [2.75, 3.05) is 11.9 Å². The second-order valence-electron chi connectivity index (χ2n) is 7.00. The van der Waals surface area contributed by atoms with Crippen molar-refractivity contribution >= 4 is 22.7 Å². The van der Waals surface area contributed by atoms with Gasteiger partial charge in [0.25, 0.3) is 0 Å². The molecule has 2 unspecified atom stereocenters. The van der Waals surface area contributed by atoms with Crippen molar-refractivity contribution in [1.29, 1.82) is 0 Å². The number of para-hydroxylation sites is 1. The fourth-order valence-electron chi connectivity index (χ4n) is 4.37. The molecule has 0 saturated heterocycles. The zero-order valence-electron chi connectivity index (χ0n) is 14.2. The molecule has 3 heteroatoms. The summed E-state index contributed by atoms with van der Waals surface area (Å²) in [5.41, 5.74) is 6.09. The second kappa shape index (κ2) is 5.15. The van der Waals surface area contributed by atoms with Crippen LogP contribution in [0.1, 0.15) is 17.2 Å². The van der Waals surface area contributed by atoms with E-state index in [0.29, 0.717) is 5.92 Å². The fourth-order valence-corrected chi connectivity index (χ4v) is 4.37. The number of benzene rings is 2. The van der Waals surface area contributed by atoms with E-state index in [9.17, 15) is 0 Å². The third-order valence-corrected chi connectivity index (χ3v) is 5.53. The Morgan fingerprint density at radius 2 is 1.92 bits per heavy atom. The minimum atomic E-state index is 0.121. The first-order valence-corrected chi connectivity index (χ1v) is 9.10. The van der Waals surface area contributed by atoms with Crippen LogP contribution in [0.25, 0.3) is 22.7 Å². The molecule has 1 N–H and O–H groups in total. The van der Waals surface area contributed by atoms with Gasteiger partial charge in [0.05, 0.1) is 16.9 Å². The van der Waals surface area contributed by atoms with E-state index < -0.39 is 0 Å². The van der Waals surface area contributed by atoms with E-state index in [1.807, 2.05) is 0 Å². The summed E-state index contributed by atoms with van der Waals surface area (Å²) in [5, 5.41) is 4.78. The third-order valence-electron chi connectivity index (χ3n) is 5.53. The molecule has 6 rings (SSSR count). The summed E-state index contributed by atoms with van der Waals surface area (Å²) in [5.74, 6) is 1.31. The van der Waals surface area contributed by atoms with Gasteiger partial charge in [-0.25, -0.2) is 0 Å². The number of hydrogen-bond acceptors (Lipinski definition) is 2. The van der Waals surface area contributed by atoms with Gasteiger partial charge in [0, 0.05) is 29.1 Å². The van der Waals surface area contributed by atoms with E-state index in [-0.39, 0.29) is 6.10 Å². The predicted molar refractivity (Wildman–Crippen MR) is 106 cm³/mol. The number of hydrogen-bond donors (Lipinski definition) is 1. The van der Waals surface area contributed by atoms with Gasteiger partial charge in [-0.3, -0.25) is 0 Å². The summed E-state index contributed by atoms with van der Waals surface area (Å²) >= 11 is 0. The fraction of sp³-hybridized carbons (Fsp3) is 0.130. The van der Waals surface area contributed by atoms with Crippen LogP contribution in [-0.2, 0) is 0 Å². The van der Waals surface area contributed by atoms with Crippen molar-refractivity contribution in [2.45, 2.75) is 12.0 Å². The molecule has 0 amide bonds. The summed E-state index contributed by atoms with van der Waals surface area (Å²) in [6, 6.07) is 15.1. The van der Waals surface area contributed by atoms with Gasteiger partial charge < -0.3 is 14.6 Å². The number of allylic oxidation sites excluding steroid dienone is 2. The van der Waals surface area contributed by atoms with Gasteiger partial charge in [-0.2, -0.15) is 0 Å². The van der Waals surface area contributed by atoms with Crippen LogP contribution in [0.3, 0.4) is 0 Å². The standard InChI is InChI=1S/C23H18N2O/c1-2-7-15(8-3-1)25-19-10-6-12-24-23(19)18-14-22-17(13-20(18)25)16-9-4-5-11-21(16)26-22/h1-11,13-14,16,21,24H,12H2. The van der Waals surface area contributed by atoms with Gasteiger partial charge in [-0.05, 0) is 36.4 Å². The van der Waals surface area contributed by atoms with Crippen LogP contribution in [0, 0.1) is 0 Å². The van der Waals surface area contributed by atoms with Gasteiger partial charge in [0.15, 0.2) is 0 Å². The number of nitrogens with one attached hydrogen (secondary N) is 1. The SMILES string of the molecule is C1=CC2Oc3cc4c5c(n(-c6ccccc6)c4cc3C2C=C1)C=CCN5. The lowest BCUT2D eigenvalue weighted by Gasteiger charge is -2.14. The van der Waals surface area contributed by atoms with Gasteiger partial charge in [0.2, 0.25) is 0 Å². The molecule has 1 aliphatic carbocycles. The number of nitrogens with zero attached hydrogens (tertiary/aromatic N) is 1. The summed E-state index contributed by atoms with van der Waals surface area (Å²) in [6.45, 7) is 0.857. The van der Waals surface area contributed by atoms with E-state index in [1.165, 1.54) is 33.5 Å². The zero-order valence-corrected chi connectivity index (χ0v) is 14.2. The Labute approximate surface area is 151 Å². The van der Waals surface area contributed by atoms with Crippen LogP contribution in [0.4, 0.5) is 5.69 Å². The van der Waals surface area contributed by atoms with Crippen molar-refractivity contribution in [3.8, 4) is 11.4 Å². The third kappa shape index (κ3) is 1.83. The van der Waals surface area contributed by atoms with Crippen LogP contribution in [0.5, 0.6) is 5.75 Å². The molecule has 3 aromatic rings. The van der Waals surface area contributed by atoms with E-state index in [4.69, 9.17) is 4.74 Å². The molecule has 3 aliphatic rings. The molecule has 2 aliphatic heterocycles. The lowest BCUT2D eigenvalue weighted by Crippen LogP contribution is -2.15. The first kappa shape index (κ1) is 14.0. The van der Waals surface area contributed by atoms with Gasteiger partial charge in [0.1, 0.15) is 11.9 Å². The zero-order chi connectivity index (χ0) is 17.1. The number of rotatable bonds is 1. The molecule has 126 valence electrons. The highest BCUT2D eigenvalue weighted by Gasteiger charge is 2.33. The highest BCUT2D eigenvalue weighted by Crippen LogP contribution is 2.46. The normalized spacial score (nSPS) is 21.8. The molecule has 26 heavy (non-hydrogen) atoms. The molecule has 2 aromatic carbocycles. The Balaban J connectivity index is 1.67. The largest absolute Gasteiger partial charge is 0.485 e. The van der Waals surface area contributed by atoms with Gasteiger partial charge in [-0.1, -0.05) is 42.5 Å². The number of aromatic nitrogens is 1. The molecule has 0 bridgehead atoms. The topological polar surface area (TPSA) is 26.2 Å². The van der Waals surface area contributed by atoms with Crippen molar-refractivity contribution < 1.29 is 4.74 Å². The number of ether oxygens (including phenoxy) is 1. The maximum atomic E-state index is 6.23. The number of anilines is 1. The molecule has 0 fully saturated rings. The molecule has 3 nitrogen and oxygen atoms in total. The van der Waals surface area contributed by atoms with E-state index in [1.54, 1.807) is 0 Å². The van der Waals surface area contributed by atoms with Crippen LogP contribution in [0.2, 0.25) is 0 Å². The van der Waals surface area contributed by atoms with Crippen LogP contribution < -0.4 is 10.1 Å². The average molecular weight is 338 g/mol. The Kier molecular flexibility index (Phi) is 2.78. The average Bonchev–Trinajstić information content (AvgIpc) is 3.22. The highest BCUT2D eigenvalue weighted by molar-refractivity contribution is 6.01. The molecule has 3 heterocycles. The van der Waals surface area contributed by atoms with E-state index in [0.717, 1.165) is 12.3 Å². The second-order valence-corrected chi connectivity index (χ2v) is 7.00. The Bertz CT molecular complexity index is 1120. The smallest absolute Gasteiger partial charge is 0.128 e. The molecule has 1 aromatic heterocycles. The maximum Gasteiger partial charge on any atom is 0.128 e. The van der Waals surface area contributed by atoms with Crippen molar-refractivity contribution in [1.82, 2.24) is 4.57 Å². The van der Waals surface area contributed by atoms with Gasteiger partial charge in [-0.15, -0.1) is 0 Å². The molecular formula is C23H18N2O. The molecular weight excluding hydrogens is 320 g/mol. The Morgan fingerprint density at radius 3 is 2.85 bits per heavy atom. The van der Waals surface area contributed by atoms with E-state index >= 15 is 0 Å². The lowest BCUT2D eigenvalue weighted by atomic mass is 9.91. The molecule has 2 atom stereocenters.